The summed E-state index contributed by atoms with van der Waals surface area (Å²) in [6.45, 7) is 5.03. The summed E-state index contributed by atoms with van der Waals surface area (Å²) in [4.78, 5) is 13.0. The molecule has 13 heavy (non-hydrogen) atoms. The lowest BCUT2D eigenvalue weighted by Gasteiger charge is -2.17. The van der Waals surface area contributed by atoms with E-state index in [1.807, 2.05) is 6.92 Å². The molecule has 0 aliphatic carbocycles. The Morgan fingerprint density at radius 2 is 2.00 bits per heavy atom. The highest BCUT2D eigenvalue weighted by atomic mass is 16.2. The van der Waals surface area contributed by atoms with Crippen molar-refractivity contribution in [2.24, 2.45) is 0 Å². The zero-order valence-corrected chi connectivity index (χ0v) is 9.26. The van der Waals surface area contributed by atoms with E-state index in [1.54, 1.807) is 19.0 Å². The van der Waals surface area contributed by atoms with Crippen LogP contribution < -0.4 is 5.32 Å². The molecular formula is C10H22N2O. The van der Waals surface area contributed by atoms with Gasteiger partial charge >= 0.3 is 0 Å². The molecule has 0 saturated carbocycles. The van der Waals surface area contributed by atoms with Gasteiger partial charge in [0, 0.05) is 14.1 Å². The van der Waals surface area contributed by atoms with Crippen LogP contribution in [0.1, 0.15) is 33.1 Å². The lowest BCUT2D eigenvalue weighted by molar-refractivity contribution is -0.130. The van der Waals surface area contributed by atoms with Crippen molar-refractivity contribution in [3.63, 3.8) is 0 Å². The number of amides is 1. The molecular weight excluding hydrogens is 164 g/mol. The average Bonchev–Trinajstić information content (AvgIpc) is 2.10. The first kappa shape index (κ1) is 12.4. The van der Waals surface area contributed by atoms with E-state index in [1.165, 1.54) is 12.8 Å². The number of nitrogens with one attached hydrogen (secondary N) is 1. The Kier molecular flexibility index (Phi) is 6.59. The van der Waals surface area contributed by atoms with Gasteiger partial charge in [-0.3, -0.25) is 4.79 Å². The molecule has 0 radical (unpaired) electrons. The lowest BCUT2D eigenvalue weighted by atomic mass is 10.2. The van der Waals surface area contributed by atoms with Gasteiger partial charge in [-0.15, -0.1) is 0 Å². The number of unbranched alkanes of at least 4 members (excludes halogenated alkanes) is 2. The van der Waals surface area contributed by atoms with E-state index >= 15 is 0 Å². The Morgan fingerprint density at radius 3 is 2.46 bits per heavy atom. The van der Waals surface area contributed by atoms with E-state index in [-0.39, 0.29) is 11.9 Å². The number of nitrogens with zero attached hydrogens (tertiary/aromatic N) is 1. The zero-order valence-electron chi connectivity index (χ0n) is 9.26. The first-order valence-electron chi connectivity index (χ1n) is 5.04. The summed E-state index contributed by atoms with van der Waals surface area (Å²) in [6, 6.07) is -0.0492. The van der Waals surface area contributed by atoms with Gasteiger partial charge in [-0.05, 0) is 19.9 Å². The summed E-state index contributed by atoms with van der Waals surface area (Å²) in [7, 11) is 3.57. The molecule has 78 valence electrons. The van der Waals surface area contributed by atoms with Crippen molar-refractivity contribution in [3.05, 3.63) is 0 Å². The molecule has 0 aromatic carbocycles. The summed E-state index contributed by atoms with van der Waals surface area (Å²) < 4.78 is 0. The van der Waals surface area contributed by atoms with Gasteiger partial charge < -0.3 is 10.2 Å². The van der Waals surface area contributed by atoms with Crippen molar-refractivity contribution >= 4 is 5.91 Å². The third kappa shape index (κ3) is 5.64. The third-order valence-corrected chi connectivity index (χ3v) is 2.04. The van der Waals surface area contributed by atoms with Crippen LogP contribution in [0.25, 0.3) is 0 Å². The minimum Gasteiger partial charge on any atom is -0.347 e. The minimum atomic E-state index is -0.0492. The van der Waals surface area contributed by atoms with Crippen LogP contribution in [0.15, 0.2) is 0 Å². The molecule has 3 nitrogen and oxygen atoms in total. The van der Waals surface area contributed by atoms with E-state index in [0.29, 0.717) is 0 Å². The molecule has 0 heterocycles. The maximum absolute atomic E-state index is 11.4. The first-order chi connectivity index (χ1) is 6.09. The molecule has 0 rings (SSSR count). The second-order valence-electron chi connectivity index (χ2n) is 3.62. The molecule has 1 amide bonds. The number of carbonyl (C=O) groups is 1. The van der Waals surface area contributed by atoms with Crippen molar-refractivity contribution in [1.82, 2.24) is 10.2 Å². The molecule has 0 aliphatic heterocycles. The molecule has 1 N–H and O–H groups in total. The highest BCUT2D eigenvalue weighted by Gasteiger charge is 2.12. The zero-order chi connectivity index (χ0) is 10.3. The van der Waals surface area contributed by atoms with Crippen molar-refractivity contribution in [3.8, 4) is 0 Å². The number of likely N-dealkylation sites (N-methyl/N-ethyl adjacent to an activating group) is 1. The number of hydrogen-bond donors (Lipinski definition) is 1. The van der Waals surface area contributed by atoms with Crippen LogP contribution in [-0.2, 0) is 4.79 Å². The van der Waals surface area contributed by atoms with E-state index in [2.05, 4.69) is 12.2 Å². The Morgan fingerprint density at radius 1 is 1.38 bits per heavy atom. The van der Waals surface area contributed by atoms with Crippen LogP contribution >= 0.6 is 0 Å². The number of rotatable bonds is 6. The van der Waals surface area contributed by atoms with Gasteiger partial charge in [-0.2, -0.15) is 0 Å². The monoisotopic (exact) mass is 186 g/mol. The second kappa shape index (κ2) is 6.89. The van der Waals surface area contributed by atoms with Gasteiger partial charge in [0.2, 0.25) is 5.91 Å². The summed E-state index contributed by atoms with van der Waals surface area (Å²) in [5, 5.41) is 3.21. The number of hydrogen-bond acceptors (Lipinski definition) is 2. The molecule has 0 aromatic rings. The van der Waals surface area contributed by atoms with Crippen LogP contribution in [-0.4, -0.2) is 37.5 Å². The second-order valence-corrected chi connectivity index (χ2v) is 3.62. The van der Waals surface area contributed by atoms with Crippen molar-refractivity contribution in [1.29, 1.82) is 0 Å². The molecule has 0 bridgehead atoms. The summed E-state index contributed by atoms with van der Waals surface area (Å²) in [6.07, 6.45) is 3.61. The topological polar surface area (TPSA) is 32.3 Å². The summed E-state index contributed by atoms with van der Waals surface area (Å²) in [5.74, 6) is 0.150. The van der Waals surface area contributed by atoms with Gasteiger partial charge in [0.1, 0.15) is 0 Å². The molecule has 0 saturated heterocycles. The summed E-state index contributed by atoms with van der Waals surface area (Å²) in [5.41, 5.74) is 0. The van der Waals surface area contributed by atoms with Crippen LogP contribution in [0, 0.1) is 0 Å². The maximum Gasteiger partial charge on any atom is 0.238 e. The highest BCUT2D eigenvalue weighted by Crippen LogP contribution is 1.93. The van der Waals surface area contributed by atoms with Crippen molar-refractivity contribution < 1.29 is 4.79 Å². The summed E-state index contributed by atoms with van der Waals surface area (Å²) >= 11 is 0. The van der Waals surface area contributed by atoms with Crippen LogP contribution in [0.3, 0.4) is 0 Å². The van der Waals surface area contributed by atoms with E-state index in [0.717, 1.165) is 13.0 Å². The van der Waals surface area contributed by atoms with E-state index in [9.17, 15) is 4.79 Å². The molecule has 0 aromatic heterocycles. The molecule has 0 aliphatic rings. The predicted molar refractivity (Wildman–Crippen MR) is 55.7 cm³/mol. The first-order valence-corrected chi connectivity index (χ1v) is 5.04. The fourth-order valence-corrected chi connectivity index (χ4v) is 1.17. The number of carbonyl (C=O) groups excluding carboxylic acids is 1. The van der Waals surface area contributed by atoms with Gasteiger partial charge in [0.05, 0.1) is 6.04 Å². The van der Waals surface area contributed by atoms with E-state index in [4.69, 9.17) is 0 Å². The predicted octanol–water partition coefficient (Wildman–Crippen LogP) is 1.24. The maximum atomic E-state index is 11.4. The van der Waals surface area contributed by atoms with Crippen LogP contribution in [0.5, 0.6) is 0 Å². The van der Waals surface area contributed by atoms with Crippen molar-refractivity contribution in [2.75, 3.05) is 20.6 Å². The van der Waals surface area contributed by atoms with Gasteiger partial charge in [0.15, 0.2) is 0 Å². The average molecular weight is 186 g/mol. The van der Waals surface area contributed by atoms with Crippen LogP contribution in [0.4, 0.5) is 0 Å². The largest absolute Gasteiger partial charge is 0.347 e. The SMILES string of the molecule is CCCCCNC(C)C(=O)N(C)C. The Hall–Kier alpha value is -0.570. The fraction of sp³-hybridized carbons (Fsp3) is 0.900. The third-order valence-electron chi connectivity index (χ3n) is 2.04. The normalized spacial score (nSPS) is 12.6. The van der Waals surface area contributed by atoms with E-state index < -0.39 is 0 Å². The molecule has 0 fully saturated rings. The molecule has 3 heteroatoms. The molecule has 0 spiro atoms. The lowest BCUT2D eigenvalue weighted by Crippen LogP contribution is -2.41. The Bertz CT molecular complexity index is 146. The van der Waals surface area contributed by atoms with Gasteiger partial charge in [0.25, 0.3) is 0 Å². The molecule has 1 atom stereocenters. The Labute approximate surface area is 81.5 Å². The van der Waals surface area contributed by atoms with Gasteiger partial charge in [-0.25, -0.2) is 0 Å². The van der Waals surface area contributed by atoms with Gasteiger partial charge in [-0.1, -0.05) is 19.8 Å². The minimum absolute atomic E-state index is 0.0492. The van der Waals surface area contributed by atoms with Crippen LogP contribution in [0.2, 0.25) is 0 Å². The quantitative estimate of drug-likeness (QED) is 0.633. The highest BCUT2D eigenvalue weighted by molar-refractivity contribution is 5.80. The van der Waals surface area contributed by atoms with Crippen molar-refractivity contribution in [2.45, 2.75) is 39.2 Å². The smallest absolute Gasteiger partial charge is 0.238 e. The standard InChI is InChI=1S/C10H22N2O/c1-5-6-7-8-11-9(2)10(13)12(3)4/h9,11H,5-8H2,1-4H3. The Balaban J connectivity index is 3.50. The molecule has 1 unspecified atom stereocenters. The fourth-order valence-electron chi connectivity index (χ4n) is 1.17.